The maximum atomic E-state index is 14.7. The van der Waals surface area contributed by atoms with E-state index in [2.05, 4.69) is 30.3 Å². The summed E-state index contributed by atoms with van der Waals surface area (Å²) in [6, 6.07) is 5.36. The van der Waals surface area contributed by atoms with Gasteiger partial charge in [0.1, 0.15) is 11.6 Å². The summed E-state index contributed by atoms with van der Waals surface area (Å²) >= 11 is 0. The molecule has 0 bridgehead atoms. The minimum absolute atomic E-state index is 0.121. The molecule has 6 rings (SSSR count). The number of nitrogens with zero attached hydrogens (tertiary/aromatic N) is 8. The molecule has 1 aromatic carbocycles. The average molecular weight is 583 g/mol. The Morgan fingerprint density at radius 1 is 1.12 bits per heavy atom. The van der Waals surface area contributed by atoms with Crippen LogP contribution in [-0.4, -0.2) is 102 Å². The summed E-state index contributed by atoms with van der Waals surface area (Å²) in [5, 5.41) is 25.1. The number of rotatable bonds is 9. The topological polar surface area (TPSA) is 176 Å². The van der Waals surface area contributed by atoms with Crippen molar-refractivity contribution in [3.05, 3.63) is 54.1 Å². The molecule has 1 saturated heterocycles. The van der Waals surface area contributed by atoms with E-state index in [9.17, 15) is 18.7 Å². The van der Waals surface area contributed by atoms with E-state index in [0.29, 0.717) is 73.7 Å². The largest absolute Gasteiger partial charge is 0.461 e. The quantitative estimate of drug-likeness (QED) is 0.190. The molecule has 220 valence electrons. The smallest absolute Gasteiger partial charge is 0.254 e. The Balaban J connectivity index is 1.11. The molecule has 0 aliphatic carbocycles. The molecule has 5 heterocycles. The lowest BCUT2D eigenvalue weighted by Gasteiger charge is -2.36. The minimum Gasteiger partial charge on any atom is -0.461 e. The molecule has 1 unspecified atom stereocenters. The van der Waals surface area contributed by atoms with Gasteiger partial charge in [0.25, 0.3) is 5.91 Å². The third-order valence-electron chi connectivity index (χ3n) is 7.17. The highest BCUT2D eigenvalue weighted by Crippen LogP contribution is 2.26. The second-order valence-electron chi connectivity index (χ2n) is 9.89. The van der Waals surface area contributed by atoms with Crippen LogP contribution in [0, 0.1) is 11.6 Å². The van der Waals surface area contributed by atoms with Crippen molar-refractivity contribution in [1.82, 2.24) is 39.3 Å². The molecule has 1 amide bonds. The van der Waals surface area contributed by atoms with E-state index in [1.165, 1.54) is 16.8 Å². The molecule has 1 fully saturated rings. The number of aromatic nitrogens is 6. The van der Waals surface area contributed by atoms with E-state index in [1.807, 2.05) is 4.57 Å². The number of halogens is 2. The van der Waals surface area contributed by atoms with Gasteiger partial charge < -0.3 is 35.1 Å². The van der Waals surface area contributed by atoms with Crippen molar-refractivity contribution in [2.75, 3.05) is 56.5 Å². The van der Waals surface area contributed by atoms with Crippen LogP contribution in [0.3, 0.4) is 0 Å². The molecule has 42 heavy (non-hydrogen) atoms. The number of carbonyl (C=O) groups excluding carboxylic acids is 1. The molecule has 0 radical (unpaired) electrons. The molecular weight excluding hydrogens is 554 g/mol. The van der Waals surface area contributed by atoms with Gasteiger partial charge in [-0.2, -0.15) is 9.50 Å². The standard InChI is InChI=1S/C26H28F2N10O4/c27-17-11-18(28)19(10-16(17)25(41)30-12-15(40)13-39)36-6-3-35(4-7-36)5-8-37-14-31-21-23(37)33-26(29)38-24(21)32-22(34-38)20-2-1-9-42-20/h1-2,9-11,14-15,39-40H,3-8,12-13H2,(H2,29,33)(H,30,41). The summed E-state index contributed by atoms with van der Waals surface area (Å²) in [6.45, 7) is 2.52. The van der Waals surface area contributed by atoms with Gasteiger partial charge in [0.2, 0.25) is 11.8 Å². The van der Waals surface area contributed by atoms with Gasteiger partial charge in [0.15, 0.2) is 22.6 Å². The lowest BCUT2D eigenvalue weighted by atomic mass is 10.1. The fourth-order valence-corrected chi connectivity index (χ4v) is 4.89. The Hall–Kier alpha value is -4.67. The molecule has 5 N–H and O–H groups in total. The van der Waals surface area contributed by atoms with Crippen LogP contribution in [-0.2, 0) is 6.54 Å². The summed E-state index contributed by atoms with van der Waals surface area (Å²) in [6.07, 6.45) is 2.03. The number of hydrogen-bond acceptors (Lipinski definition) is 11. The zero-order valence-corrected chi connectivity index (χ0v) is 22.3. The number of aliphatic hydroxyl groups excluding tert-OH is 2. The van der Waals surface area contributed by atoms with Gasteiger partial charge in [-0.05, 0) is 18.2 Å². The maximum absolute atomic E-state index is 14.7. The molecule has 14 nitrogen and oxygen atoms in total. The monoisotopic (exact) mass is 582 g/mol. The zero-order chi connectivity index (χ0) is 29.4. The van der Waals surface area contributed by atoms with Crippen LogP contribution < -0.4 is 16.0 Å². The number of anilines is 2. The second kappa shape index (κ2) is 11.3. The van der Waals surface area contributed by atoms with Crippen molar-refractivity contribution in [3.8, 4) is 11.6 Å². The fourth-order valence-electron chi connectivity index (χ4n) is 4.89. The van der Waals surface area contributed by atoms with Gasteiger partial charge >= 0.3 is 0 Å². The first-order chi connectivity index (χ1) is 20.3. The normalized spacial score (nSPS) is 15.1. The summed E-state index contributed by atoms with van der Waals surface area (Å²) in [4.78, 5) is 29.9. The van der Waals surface area contributed by atoms with Gasteiger partial charge in [0, 0.05) is 51.9 Å². The van der Waals surface area contributed by atoms with E-state index < -0.39 is 30.3 Å². The van der Waals surface area contributed by atoms with Crippen molar-refractivity contribution in [3.63, 3.8) is 0 Å². The third-order valence-corrected chi connectivity index (χ3v) is 7.17. The number of piperazine rings is 1. The van der Waals surface area contributed by atoms with Crippen LogP contribution in [0.2, 0.25) is 0 Å². The van der Waals surface area contributed by atoms with Gasteiger partial charge in [-0.15, -0.1) is 5.10 Å². The van der Waals surface area contributed by atoms with E-state index in [4.69, 9.17) is 15.3 Å². The van der Waals surface area contributed by atoms with Crippen molar-refractivity contribution in [2.24, 2.45) is 0 Å². The summed E-state index contributed by atoms with van der Waals surface area (Å²) in [7, 11) is 0. The average Bonchev–Trinajstić information content (AvgIpc) is 3.75. The van der Waals surface area contributed by atoms with Gasteiger partial charge in [0.05, 0.1) is 36.6 Å². The number of nitrogens with one attached hydrogen (secondary N) is 1. The van der Waals surface area contributed by atoms with Crippen LogP contribution in [0.15, 0.2) is 41.3 Å². The van der Waals surface area contributed by atoms with Gasteiger partial charge in [-0.1, -0.05) is 0 Å². The van der Waals surface area contributed by atoms with E-state index in [0.717, 1.165) is 0 Å². The molecule has 16 heteroatoms. The summed E-state index contributed by atoms with van der Waals surface area (Å²) in [5.74, 6) is -1.54. The van der Waals surface area contributed by atoms with Crippen molar-refractivity contribution < 1.29 is 28.2 Å². The van der Waals surface area contributed by atoms with E-state index in [1.54, 1.807) is 23.4 Å². The second-order valence-corrected chi connectivity index (χ2v) is 9.89. The third kappa shape index (κ3) is 5.22. The summed E-state index contributed by atoms with van der Waals surface area (Å²) in [5.41, 5.74) is 7.55. The number of nitrogen functional groups attached to an aromatic ring is 1. The zero-order valence-electron chi connectivity index (χ0n) is 22.3. The van der Waals surface area contributed by atoms with Crippen LogP contribution >= 0.6 is 0 Å². The van der Waals surface area contributed by atoms with E-state index >= 15 is 0 Å². The first-order valence-electron chi connectivity index (χ1n) is 13.3. The number of hydrogen-bond donors (Lipinski definition) is 4. The Bertz CT molecular complexity index is 1730. The highest BCUT2D eigenvalue weighted by Gasteiger charge is 2.24. The van der Waals surface area contributed by atoms with Crippen molar-refractivity contribution >= 4 is 34.4 Å². The lowest BCUT2D eigenvalue weighted by molar-refractivity contribution is 0.0799. The van der Waals surface area contributed by atoms with Crippen molar-refractivity contribution in [2.45, 2.75) is 12.6 Å². The fraction of sp³-hybridized carbons (Fsp3) is 0.346. The minimum atomic E-state index is -1.18. The first kappa shape index (κ1) is 27.5. The molecule has 1 aliphatic heterocycles. The van der Waals surface area contributed by atoms with E-state index in [-0.39, 0.29) is 23.7 Å². The Morgan fingerprint density at radius 3 is 2.67 bits per heavy atom. The lowest BCUT2D eigenvalue weighted by Crippen LogP contribution is -2.47. The maximum Gasteiger partial charge on any atom is 0.254 e. The number of aliphatic hydroxyl groups is 2. The molecule has 1 aliphatic rings. The number of benzene rings is 1. The predicted molar refractivity (Wildman–Crippen MR) is 147 cm³/mol. The molecule has 0 spiro atoms. The van der Waals surface area contributed by atoms with Crippen LogP contribution in [0.5, 0.6) is 0 Å². The highest BCUT2D eigenvalue weighted by atomic mass is 19.1. The molecule has 4 aromatic heterocycles. The summed E-state index contributed by atoms with van der Waals surface area (Å²) < 4.78 is 37.8. The number of fused-ring (bicyclic) bond motifs is 3. The molecule has 1 atom stereocenters. The molecular formula is C26H28F2N10O4. The molecule has 0 saturated carbocycles. The number of amides is 1. The van der Waals surface area contributed by atoms with Crippen LogP contribution in [0.4, 0.5) is 20.4 Å². The predicted octanol–water partition coefficient (Wildman–Crippen LogP) is 0.500. The Morgan fingerprint density at radius 2 is 1.93 bits per heavy atom. The number of imidazole rings is 1. The van der Waals surface area contributed by atoms with Crippen LogP contribution in [0.25, 0.3) is 28.4 Å². The SMILES string of the molecule is Nc1nc2c(ncn2CCN2CCN(c3cc(C(=O)NCC(O)CO)c(F)cc3F)CC2)c2nc(-c3ccco3)nn12. The Labute approximate surface area is 237 Å². The Kier molecular flexibility index (Phi) is 7.40. The number of carbonyl (C=O) groups is 1. The first-order valence-corrected chi connectivity index (χ1v) is 13.3. The van der Waals surface area contributed by atoms with Gasteiger partial charge in [-0.25, -0.2) is 18.7 Å². The number of furan rings is 1. The molecule has 5 aromatic rings. The number of nitrogens with two attached hydrogens (primary N) is 1. The van der Waals surface area contributed by atoms with Crippen LogP contribution in [0.1, 0.15) is 10.4 Å². The van der Waals surface area contributed by atoms with Crippen molar-refractivity contribution in [1.29, 1.82) is 0 Å². The van der Waals surface area contributed by atoms with Gasteiger partial charge in [-0.3, -0.25) is 9.69 Å². The highest BCUT2D eigenvalue weighted by molar-refractivity contribution is 5.95.